The van der Waals surface area contributed by atoms with E-state index < -0.39 is 36.8 Å². The maximum Gasteiger partial charge on any atom is 0.460 e. The summed E-state index contributed by atoms with van der Waals surface area (Å²) >= 11 is 0. The number of para-hydroxylation sites is 1. The molecule has 0 saturated heterocycles. The molecule has 0 aromatic heterocycles. The summed E-state index contributed by atoms with van der Waals surface area (Å²) in [4.78, 5) is 11.2. The van der Waals surface area contributed by atoms with E-state index in [0.29, 0.717) is 0 Å². The molecular formula is C13H10F4O4. The third kappa shape index (κ3) is 2.58. The van der Waals surface area contributed by atoms with Gasteiger partial charge in [-0.3, -0.25) is 0 Å². The zero-order valence-electron chi connectivity index (χ0n) is 10.5. The fraction of sp³-hybridized carbons (Fsp3) is 0.308. The molecule has 0 fully saturated rings. The van der Waals surface area contributed by atoms with Gasteiger partial charge in [0.1, 0.15) is 18.0 Å². The fourth-order valence-electron chi connectivity index (χ4n) is 1.94. The highest BCUT2D eigenvalue weighted by Gasteiger charge is 2.65. The third-order valence-corrected chi connectivity index (χ3v) is 2.81. The Morgan fingerprint density at radius 1 is 1.33 bits per heavy atom. The molecule has 1 aromatic carbocycles. The zero-order valence-corrected chi connectivity index (χ0v) is 10.5. The van der Waals surface area contributed by atoms with Crippen LogP contribution in [-0.2, 0) is 9.53 Å². The van der Waals surface area contributed by atoms with Crippen LogP contribution in [0.1, 0.15) is 5.56 Å². The average Bonchev–Trinajstić information content (AvgIpc) is 2.42. The molecule has 0 bridgehead atoms. The summed E-state index contributed by atoms with van der Waals surface area (Å²) in [6.45, 7) is -2.16. The maximum absolute atomic E-state index is 13.3. The van der Waals surface area contributed by atoms with E-state index in [-0.39, 0.29) is 11.3 Å². The number of fused-ring (bicyclic) bond motifs is 1. The van der Waals surface area contributed by atoms with Gasteiger partial charge < -0.3 is 14.6 Å². The Balaban J connectivity index is 2.61. The first-order valence-electron chi connectivity index (χ1n) is 5.82. The number of hydrogen-bond donors (Lipinski definition) is 1. The number of rotatable bonds is 4. The van der Waals surface area contributed by atoms with Gasteiger partial charge in [0.15, 0.2) is 0 Å². The topological polar surface area (TPSA) is 55.8 Å². The van der Waals surface area contributed by atoms with E-state index in [1.54, 1.807) is 0 Å². The van der Waals surface area contributed by atoms with E-state index in [1.807, 2.05) is 0 Å². The monoisotopic (exact) mass is 306 g/mol. The number of hydrogen-bond acceptors (Lipinski definition) is 3. The molecule has 0 unspecified atom stereocenters. The Hall–Kier alpha value is -2.09. The third-order valence-electron chi connectivity index (χ3n) is 2.81. The number of carbonyl (C=O) groups is 1. The Morgan fingerprint density at radius 2 is 2.00 bits per heavy atom. The number of alkyl halides is 4. The van der Waals surface area contributed by atoms with Crippen LogP contribution in [0.3, 0.4) is 0 Å². The van der Waals surface area contributed by atoms with Gasteiger partial charge in [0.25, 0.3) is 0 Å². The molecule has 1 aliphatic heterocycles. The Bertz CT molecular complexity index is 582. The molecule has 8 heteroatoms. The molecule has 4 nitrogen and oxygen atoms in total. The minimum atomic E-state index is -5.19. The summed E-state index contributed by atoms with van der Waals surface area (Å²) in [6.07, 6.45) is -4.38. The van der Waals surface area contributed by atoms with Crippen molar-refractivity contribution in [1.29, 1.82) is 0 Å². The summed E-state index contributed by atoms with van der Waals surface area (Å²) in [5.41, 5.74) is -0.985. The lowest BCUT2D eigenvalue weighted by atomic mass is 9.98. The van der Waals surface area contributed by atoms with Crippen molar-refractivity contribution in [2.75, 3.05) is 13.3 Å². The molecule has 2 rings (SSSR count). The molecule has 1 aliphatic rings. The highest BCUT2D eigenvalue weighted by molar-refractivity contribution is 5.95. The first-order chi connectivity index (χ1) is 9.82. The highest BCUT2D eigenvalue weighted by Crippen LogP contribution is 2.46. The van der Waals surface area contributed by atoms with Gasteiger partial charge >= 0.3 is 17.9 Å². The van der Waals surface area contributed by atoms with Crippen molar-refractivity contribution < 1.29 is 36.9 Å². The van der Waals surface area contributed by atoms with E-state index in [2.05, 4.69) is 4.74 Å². The largest absolute Gasteiger partial charge is 0.478 e. The van der Waals surface area contributed by atoms with Crippen LogP contribution in [0, 0.1) is 0 Å². The van der Waals surface area contributed by atoms with Crippen molar-refractivity contribution in [1.82, 2.24) is 0 Å². The predicted molar refractivity (Wildman–Crippen MR) is 63.4 cm³/mol. The average molecular weight is 306 g/mol. The summed E-state index contributed by atoms with van der Waals surface area (Å²) < 4.78 is 61.5. The van der Waals surface area contributed by atoms with Gasteiger partial charge in [0.2, 0.25) is 0 Å². The van der Waals surface area contributed by atoms with Crippen molar-refractivity contribution in [3.05, 3.63) is 35.4 Å². The van der Waals surface area contributed by atoms with Crippen LogP contribution in [-0.4, -0.2) is 36.3 Å². The van der Waals surface area contributed by atoms with Crippen molar-refractivity contribution in [2.24, 2.45) is 0 Å². The first-order valence-corrected chi connectivity index (χ1v) is 5.82. The molecular weight excluding hydrogens is 296 g/mol. The lowest BCUT2D eigenvalue weighted by molar-refractivity contribution is -0.334. The molecule has 0 amide bonds. The van der Waals surface area contributed by atoms with Crippen LogP contribution < -0.4 is 4.74 Å². The zero-order chi connectivity index (χ0) is 15.7. The molecule has 0 spiro atoms. The molecule has 1 atom stereocenters. The molecule has 0 aliphatic carbocycles. The van der Waals surface area contributed by atoms with Crippen molar-refractivity contribution in [2.45, 2.75) is 12.0 Å². The van der Waals surface area contributed by atoms with Gasteiger partial charge in [-0.25, -0.2) is 9.18 Å². The number of carboxylic acid groups (broad SMARTS) is 1. The minimum absolute atomic E-state index is 0.165. The van der Waals surface area contributed by atoms with Gasteiger partial charge in [0, 0.05) is 5.56 Å². The molecule has 1 N–H and O–H groups in total. The number of ether oxygens (including phenoxy) is 2. The van der Waals surface area contributed by atoms with Gasteiger partial charge in [-0.05, 0) is 12.1 Å². The second-order valence-corrected chi connectivity index (χ2v) is 4.15. The number of benzene rings is 1. The van der Waals surface area contributed by atoms with Crippen molar-refractivity contribution >= 4 is 12.0 Å². The van der Waals surface area contributed by atoms with Crippen LogP contribution in [0.5, 0.6) is 5.75 Å². The van der Waals surface area contributed by atoms with Crippen LogP contribution in [0.2, 0.25) is 0 Å². The molecule has 0 saturated carbocycles. The number of halogens is 4. The maximum atomic E-state index is 13.3. The molecule has 114 valence electrons. The van der Waals surface area contributed by atoms with Gasteiger partial charge in [-0.1, -0.05) is 18.2 Å². The lowest BCUT2D eigenvalue weighted by Crippen LogP contribution is -2.57. The van der Waals surface area contributed by atoms with Crippen molar-refractivity contribution in [3.63, 3.8) is 0 Å². The Morgan fingerprint density at radius 3 is 2.57 bits per heavy atom. The molecule has 21 heavy (non-hydrogen) atoms. The molecule has 0 radical (unpaired) electrons. The number of aliphatic carboxylic acids is 1. The van der Waals surface area contributed by atoms with Gasteiger partial charge in [0.05, 0.1) is 6.61 Å². The molecule has 1 aromatic rings. The lowest BCUT2D eigenvalue weighted by Gasteiger charge is -2.38. The van der Waals surface area contributed by atoms with E-state index in [9.17, 15) is 22.4 Å². The first kappa shape index (κ1) is 15.3. The smallest absolute Gasteiger partial charge is 0.460 e. The number of carboxylic acids is 1. The Kier molecular flexibility index (Phi) is 3.91. The fourth-order valence-corrected chi connectivity index (χ4v) is 1.94. The quantitative estimate of drug-likeness (QED) is 0.869. The van der Waals surface area contributed by atoms with Gasteiger partial charge in [-0.15, -0.1) is 0 Å². The van der Waals surface area contributed by atoms with Crippen LogP contribution in [0.15, 0.2) is 29.8 Å². The van der Waals surface area contributed by atoms with Crippen molar-refractivity contribution in [3.8, 4) is 5.75 Å². The second kappa shape index (κ2) is 5.36. The SMILES string of the molecule is O=C(O)C1=Cc2ccccc2O[C@@]1(OCCF)C(F)(F)F. The Labute approximate surface area is 116 Å². The summed E-state index contributed by atoms with van der Waals surface area (Å²) in [5, 5.41) is 9.04. The standard InChI is InChI=1S/C13H10F4O4/c14-5-6-20-12(13(15,16)17)9(11(18)19)7-8-3-1-2-4-10(8)21-12/h1-4,7H,5-6H2,(H,18,19)/t12-/m1/s1. The second-order valence-electron chi connectivity index (χ2n) is 4.15. The van der Waals surface area contributed by atoms with E-state index in [0.717, 1.165) is 6.08 Å². The molecule has 1 heterocycles. The normalized spacial score (nSPS) is 21.2. The summed E-state index contributed by atoms with van der Waals surface area (Å²) in [7, 11) is 0. The summed E-state index contributed by atoms with van der Waals surface area (Å²) in [5.74, 6) is -5.58. The van der Waals surface area contributed by atoms with Crippen LogP contribution in [0.4, 0.5) is 17.6 Å². The van der Waals surface area contributed by atoms with E-state index >= 15 is 0 Å². The van der Waals surface area contributed by atoms with Crippen LogP contribution in [0.25, 0.3) is 6.08 Å². The van der Waals surface area contributed by atoms with E-state index in [4.69, 9.17) is 9.84 Å². The van der Waals surface area contributed by atoms with Gasteiger partial charge in [-0.2, -0.15) is 13.2 Å². The summed E-state index contributed by atoms with van der Waals surface area (Å²) in [6, 6.07) is 5.58. The highest BCUT2D eigenvalue weighted by atomic mass is 19.4. The van der Waals surface area contributed by atoms with E-state index in [1.165, 1.54) is 24.3 Å². The van der Waals surface area contributed by atoms with Crippen LogP contribution >= 0.6 is 0 Å². The predicted octanol–water partition coefficient (Wildman–Crippen LogP) is 2.79. The minimum Gasteiger partial charge on any atom is -0.478 e.